The lowest BCUT2D eigenvalue weighted by molar-refractivity contribution is 0.466. The number of aryl methyl sites for hydroxylation is 1. The molecule has 0 aliphatic rings. The molecule has 2 heterocycles. The van der Waals surface area contributed by atoms with Gasteiger partial charge in [0.05, 0.1) is 12.2 Å². The Morgan fingerprint density at radius 2 is 2.38 bits per heavy atom. The van der Waals surface area contributed by atoms with Crippen LogP contribution in [0.5, 0.6) is 0 Å². The molecule has 4 nitrogen and oxygen atoms in total. The molecule has 0 aliphatic heterocycles. The quantitative estimate of drug-likeness (QED) is 0.891. The molecule has 5 heteroatoms. The average Bonchev–Trinajstić information content (AvgIpc) is 2.87. The van der Waals surface area contributed by atoms with Gasteiger partial charge in [0.1, 0.15) is 5.76 Å². The van der Waals surface area contributed by atoms with Crippen LogP contribution in [0.4, 0.5) is 0 Å². The van der Waals surface area contributed by atoms with Crippen molar-refractivity contribution in [2.45, 2.75) is 25.9 Å². The van der Waals surface area contributed by atoms with Gasteiger partial charge in [-0.1, -0.05) is 0 Å². The molecular weight excluding hydrogens is 226 g/mol. The van der Waals surface area contributed by atoms with Crippen LogP contribution in [-0.4, -0.2) is 9.78 Å². The fourth-order valence-corrected chi connectivity index (χ4v) is 1.72. The third kappa shape index (κ3) is 2.46. The first kappa shape index (κ1) is 11.2. The van der Waals surface area contributed by atoms with Gasteiger partial charge in [0.15, 0.2) is 5.22 Å². The van der Waals surface area contributed by atoms with Gasteiger partial charge in [0, 0.05) is 12.7 Å². The smallest absolute Gasteiger partial charge is 0.193 e. The van der Waals surface area contributed by atoms with Crippen LogP contribution in [0, 0.1) is 0 Å². The number of nitrogens with zero attached hydrogens (tertiary/aromatic N) is 2. The molecule has 0 fully saturated rings. The minimum absolute atomic E-state index is 0.179. The Hall–Kier alpha value is -1.26. The monoisotopic (exact) mass is 239 g/mol. The third-order valence-electron chi connectivity index (χ3n) is 2.43. The van der Waals surface area contributed by atoms with E-state index in [4.69, 9.17) is 21.8 Å². The number of nitrogens with two attached hydrogens (primary N) is 1. The molecule has 0 bridgehead atoms. The maximum absolute atomic E-state index is 6.00. The molecule has 0 radical (unpaired) electrons. The number of halogens is 1. The van der Waals surface area contributed by atoms with Crippen LogP contribution in [0.2, 0.25) is 5.22 Å². The summed E-state index contributed by atoms with van der Waals surface area (Å²) in [4.78, 5) is 0. The molecule has 2 aromatic rings. The van der Waals surface area contributed by atoms with E-state index in [0.29, 0.717) is 17.4 Å². The number of rotatable bonds is 4. The van der Waals surface area contributed by atoms with Crippen molar-refractivity contribution in [2.24, 2.45) is 5.73 Å². The summed E-state index contributed by atoms with van der Waals surface area (Å²) in [5.41, 5.74) is 7.10. The van der Waals surface area contributed by atoms with Gasteiger partial charge in [-0.05, 0) is 42.6 Å². The molecule has 2 rings (SSSR count). The summed E-state index contributed by atoms with van der Waals surface area (Å²) in [7, 11) is 0. The molecule has 2 aromatic heterocycles. The summed E-state index contributed by atoms with van der Waals surface area (Å²) < 4.78 is 7.14. The zero-order valence-electron chi connectivity index (χ0n) is 9.06. The highest BCUT2D eigenvalue weighted by molar-refractivity contribution is 6.28. The third-order valence-corrected chi connectivity index (χ3v) is 2.63. The lowest BCUT2D eigenvalue weighted by atomic mass is 10.1. The van der Waals surface area contributed by atoms with E-state index in [0.717, 1.165) is 12.1 Å². The Morgan fingerprint density at radius 3 is 2.94 bits per heavy atom. The summed E-state index contributed by atoms with van der Waals surface area (Å²) in [6.45, 7) is 2.91. The summed E-state index contributed by atoms with van der Waals surface area (Å²) >= 11 is 5.70. The Bertz CT molecular complexity index is 463. The second kappa shape index (κ2) is 4.72. The highest BCUT2D eigenvalue weighted by Crippen LogP contribution is 2.21. The molecule has 1 unspecified atom stereocenters. The van der Waals surface area contributed by atoms with Crippen LogP contribution in [0.3, 0.4) is 0 Å². The van der Waals surface area contributed by atoms with E-state index in [9.17, 15) is 0 Å². The van der Waals surface area contributed by atoms with E-state index in [1.54, 1.807) is 12.1 Å². The number of furan rings is 1. The molecule has 86 valence electrons. The average molecular weight is 240 g/mol. The van der Waals surface area contributed by atoms with Crippen LogP contribution in [0.1, 0.15) is 24.3 Å². The zero-order valence-corrected chi connectivity index (χ0v) is 9.81. The van der Waals surface area contributed by atoms with E-state index in [1.165, 1.54) is 0 Å². The Kier molecular flexibility index (Phi) is 3.31. The number of hydrogen-bond acceptors (Lipinski definition) is 3. The maximum Gasteiger partial charge on any atom is 0.193 e. The molecule has 0 saturated carbocycles. The molecule has 2 N–H and O–H groups in total. The first-order valence-corrected chi connectivity index (χ1v) is 5.59. The Labute approximate surface area is 99.0 Å². The van der Waals surface area contributed by atoms with Crippen LogP contribution in [0.25, 0.3) is 0 Å². The van der Waals surface area contributed by atoms with Crippen molar-refractivity contribution < 1.29 is 4.42 Å². The molecule has 0 amide bonds. The van der Waals surface area contributed by atoms with Gasteiger partial charge in [-0.2, -0.15) is 5.10 Å². The van der Waals surface area contributed by atoms with E-state index >= 15 is 0 Å². The predicted molar refractivity (Wildman–Crippen MR) is 62.3 cm³/mol. The van der Waals surface area contributed by atoms with Crippen LogP contribution >= 0.6 is 11.6 Å². The van der Waals surface area contributed by atoms with E-state index in [1.807, 2.05) is 24.0 Å². The summed E-state index contributed by atoms with van der Waals surface area (Å²) in [5, 5.41) is 4.56. The van der Waals surface area contributed by atoms with Crippen molar-refractivity contribution in [1.29, 1.82) is 0 Å². The number of aromatic nitrogens is 2. The van der Waals surface area contributed by atoms with Crippen LogP contribution in [0.15, 0.2) is 28.9 Å². The van der Waals surface area contributed by atoms with Crippen molar-refractivity contribution in [3.8, 4) is 0 Å². The standard InChI is InChI=1S/C11H14ClN3O/c1-2-15-7-8(6-14-15)5-9(13)10-3-4-11(12)16-10/h3-4,6-7,9H,2,5,13H2,1H3. The Balaban J connectivity index is 2.04. The van der Waals surface area contributed by atoms with E-state index < -0.39 is 0 Å². The van der Waals surface area contributed by atoms with Gasteiger partial charge < -0.3 is 10.2 Å². The topological polar surface area (TPSA) is 57.0 Å². The van der Waals surface area contributed by atoms with Crippen LogP contribution in [-0.2, 0) is 13.0 Å². The van der Waals surface area contributed by atoms with Crippen molar-refractivity contribution in [1.82, 2.24) is 9.78 Å². The normalized spacial score (nSPS) is 12.9. The van der Waals surface area contributed by atoms with Crippen molar-refractivity contribution >= 4 is 11.6 Å². The SMILES string of the molecule is CCn1cc(CC(N)c2ccc(Cl)o2)cn1. The first-order valence-electron chi connectivity index (χ1n) is 5.21. The molecule has 0 aliphatic carbocycles. The van der Waals surface area contributed by atoms with Gasteiger partial charge in [-0.15, -0.1) is 0 Å². The second-order valence-electron chi connectivity index (χ2n) is 3.66. The highest BCUT2D eigenvalue weighted by Gasteiger charge is 2.12. The van der Waals surface area contributed by atoms with E-state index in [2.05, 4.69) is 5.10 Å². The molecule has 1 atom stereocenters. The summed E-state index contributed by atoms with van der Waals surface area (Å²) in [6, 6.07) is 3.32. The fourth-order valence-electron chi connectivity index (χ4n) is 1.57. The van der Waals surface area contributed by atoms with Crippen molar-refractivity contribution in [3.63, 3.8) is 0 Å². The molecule has 0 spiro atoms. The van der Waals surface area contributed by atoms with Crippen molar-refractivity contribution in [2.75, 3.05) is 0 Å². The lowest BCUT2D eigenvalue weighted by Gasteiger charge is -2.06. The van der Waals surface area contributed by atoms with Gasteiger partial charge >= 0.3 is 0 Å². The molecule has 0 saturated heterocycles. The van der Waals surface area contributed by atoms with Gasteiger partial charge in [-0.25, -0.2) is 0 Å². The maximum atomic E-state index is 6.00. The molecule has 0 aromatic carbocycles. The second-order valence-corrected chi connectivity index (χ2v) is 4.03. The van der Waals surface area contributed by atoms with Crippen LogP contribution < -0.4 is 5.73 Å². The van der Waals surface area contributed by atoms with Gasteiger partial charge in [0.2, 0.25) is 0 Å². The molecule has 16 heavy (non-hydrogen) atoms. The highest BCUT2D eigenvalue weighted by atomic mass is 35.5. The van der Waals surface area contributed by atoms with E-state index in [-0.39, 0.29) is 6.04 Å². The largest absolute Gasteiger partial charge is 0.448 e. The minimum Gasteiger partial charge on any atom is -0.448 e. The van der Waals surface area contributed by atoms with Gasteiger partial charge in [0.25, 0.3) is 0 Å². The predicted octanol–water partition coefficient (Wildman–Crippen LogP) is 2.39. The summed E-state index contributed by atoms with van der Waals surface area (Å²) in [6.07, 6.45) is 4.52. The first-order chi connectivity index (χ1) is 7.69. The molecular formula is C11H14ClN3O. The minimum atomic E-state index is -0.179. The fraction of sp³-hybridized carbons (Fsp3) is 0.364. The van der Waals surface area contributed by atoms with Gasteiger partial charge in [-0.3, -0.25) is 4.68 Å². The van der Waals surface area contributed by atoms with Crippen molar-refractivity contribution in [3.05, 3.63) is 41.1 Å². The zero-order chi connectivity index (χ0) is 11.5. The lowest BCUT2D eigenvalue weighted by Crippen LogP contribution is -2.12. The summed E-state index contributed by atoms with van der Waals surface area (Å²) in [5.74, 6) is 0.703. The Morgan fingerprint density at radius 1 is 1.56 bits per heavy atom. The number of hydrogen-bond donors (Lipinski definition) is 1.